The predicted molar refractivity (Wildman–Crippen MR) is 94.3 cm³/mol. The minimum absolute atomic E-state index is 0.393. The first-order chi connectivity index (χ1) is 10.0. The van der Waals surface area contributed by atoms with Crippen molar-refractivity contribution in [1.29, 1.82) is 0 Å². The zero-order valence-electron chi connectivity index (χ0n) is 13.0. The Morgan fingerprint density at radius 3 is 2.86 bits per heavy atom. The predicted octanol–water partition coefficient (Wildman–Crippen LogP) is 5.22. The number of thioether (sulfide) groups is 1. The Labute approximate surface area is 132 Å². The molecule has 112 valence electrons. The van der Waals surface area contributed by atoms with Gasteiger partial charge in [0.1, 0.15) is 5.76 Å². The third kappa shape index (κ3) is 3.55. The van der Waals surface area contributed by atoms with Crippen LogP contribution in [0.4, 0.5) is 0 Å². The Balaban J connectivity index is 1.90. The van der Waals surface area contributed by atoms with Gasteiger partial charge in [0.25, 0.3) is 0 Å². The van der Waals surface area contributed by atoms with Crippen molar-refractivity contribution >= 4 is 24.9 Å². The van der Waals surface area contributed by atoms with Gasteiger partial charge in [0.05, 0.1) is 19.4 Å². The Kier molecular flexibility index (Phi) is 4.18. The highest BCUT2D eigenvalue weighted by Gasteiger charge is 2.22. The maximum Gasteiger partial charge on any atom is 0.110 e. The van der Waals surface area contributed by atoms with E-state index < -0.39 is 8.07 Å². The summed E-state index contributed by atoms with van der Waals surface area (Å²) in [6, 6.07) is 8.49. The molecule has 2 nitrogen and oxygen atoms in total. The molecule has 2 aromatic rings. The summed E-state index contributed by atoms with van der Waals surface area (Å²) in [6.45, 7) is 7.29. The van der Waals surface area contributed by atoms with Crippen LogP contribution in [0, 0.1) is 0 Å². The molecule has 0 bridgehead atoms. The van der Waals surface area contributed by atoms with E-state index in [1.54, 1.807) is 6.26 Å². The number of nitrogens with zero attached hydrogens (tertiary/aromatic N) is 1. The molecule has 4 heteroatoms. The number of fused-ring (bicyclic) bond motifs is 1. The molecule has 1 atom stereocenters. The maximum atomic E-state index is 5.64. The average molecular weight is 318 g/mol. The third-order valence-corrected chi connectivity index (χ3v) is 8.36. The van der Waals surface area contributed by atoms with Crippen molar-refractivity contribution in [2.24, 2.45) is 0 Å². The van der Waals surface area contributed by atoms with Crippen molar-refractivity contribution in [1.82, 2.24) is 4.57 Å². The molecule has 0 spiro atoms. The second-order valence-electron chi connectivity index (χ2n) is 6.88. The number of allylic oxidation sites excluding steroid dienone is 1. The zero-order chi connectivity index (χ0) is 14.9. The first-order valence-corrected chi connectivity index (χ1v) is 12.3. The average Bonchev–Trinajstić information content (AvgIpc) is 3.06. The summed E-state index contributed by atoms with van der Waals surface area (Å²) in [7, 11) is -1.06. The highest BCUT2D eigenvalue weighted by Crippen LogP contribution is 2.35. The summed E-state index contributed by atoms with van der Waals surface area (Å²) >= 11 is 2.01. The molecule has 0 amide bonds. The molecule has 3 heterocycles. The Hall–Kier alpha value is -1.13. The number of hydrogen-bond acceptors (Lipinski definition) is 2. The Morgan fingerprint density at radius 2 is 2.14 bits per heavy atom. The lowest BCUT2D eigenvalue weighted by atomic mass is 10.0. The lowest BCUT2D eigenvalue weighted by molar-refractivity contribution is 0.480. The topological polar surface area (TPSA) is 18.1 Å². The van der Waals surface area contributed by atoms with Crippen LogP contribution in [0.1, 0.15) is 23.8 Å². The number of furan rings is 1. The molecule has 0 saturated carbocycles. The lowest BCUT2D eigenvalue weighted by Crippen LogP contribution is -2.24. The van der Waals surface area contributed by atoms with E-state index in [-0.39, 0.29) is 0 Å². The number of hydrogen-bond donors (Lipinski definition) is 0. The monoisotopic (exact) mass is 317 g/mol. The molecule has 0 N–H and O–H groups in total. The minimum Gasteiger partial charge on any atom is -0.469 e. The Morgan fingerprint density at radius 1 is 1.29 bits per heavy atom. The van der Waals surface area contributed by atoms with E-state index in [0.29, 0.717) is 5.92 Å². The molecule has 0 fully saturated rings. The van der Waals surface area contributed by atoms with Crippen LogP contribution in [0.25, 0.3) is 5.03 Å². The van der Waals surface area contributed by atoms with Crippen LogP contribution in [0.5, 0.6) is 0 Å². The van der Waals surface area contributed by atoms with Crippen LogP contribution in [0.15, 0.2) is 47.2 Å². The van der Waals surface area contributed by atoms with Gasteiger partial charge in [-0.05, 0) is 48.6 Å². The van der Waals surface area contributed by atoms with Crippen molar-refractivity contribution in [2.45, 2.75) is 38.4 Å². The molecular formula is C17H23NOSSi. The molecule has 0 saturated heterocycles. The van der Waals surface area contributed by atoms with Gasteiger partial charge < -0.3 is 8.98 Å². The molecule has 0 aliphatic carbocycles. The fourth-order valence-electron chi connectivity index (χ4n) is 2.61. The van der Waals surface area contributed by atoms with Crippen LogP contribution < -0.4 is 0 Å². The van der Waals surface area contributed by atoms with Gasteiger partial charge in [-0.1, -0.05) is 19.6 Å². The van der Waals surface area contributed by atoms with E-state index in [4.69, 9.17) is 4.42 Å². The molecule has 3 rings (SSSR count). The van der Waals surface area contributed by atoms with E-state index in [1.807, 2.05) is 17.8 Å². The molecule has 21 heavy (non-hydrogen) atoms. The lowest BCUT2D eigenvalue weighted by Gasteiger charge is -2.18. The van der Waals surface area contributed by atoms with Crippen LogP contribution in [0.2, 0.25) is 19.6 Å². The minimum atomic E-state index is -1.06. The second-order valence-corrected chi connectivity index (χ2v) is 13.9. The number of rotatable bonds is 4. The molecular weight excluding hydrogens is 294 g/mol. The Bertz CT molecular complexity index is 622. The van der Waals surface area contributed by atoms with E-state index in [0.717, 1.165) is 18.6 Å². The summed E-state index contributed by atoms with van der Waals surface area (Å²) in [5.41, 5.74) is 1.42. The molecule has 0 radical (unpaired) electrons. The van der Waals surface area contributed by atoms with Gasteiger partial charge in [0, 0.05) is 17.8 Å². The van der Waals surface area contributed by atoms with Gasteiger partial charge in [-0.15, -0.1) is 11.8 Å². The molecule has 1 aliphatic rings. The first-order valence-electron chi connectivity index (χ1n) is 7.57. The third-order valence-electron chi connectivity index (χ3n) is 3.69. The highest BCUT2D eigenvalue weighted by atomic mass is 32.2. The summed E-state index contributed by atoms with van der Waals surface area (Å²) in [5.74, 6) is 1.48. The maximum absolute atomic E-state index is 5.64. The van der Waals surface area contributed by atoms with Crippen molar-refractivity contribution < 1.29 is 4.42 Å². The largest absolute Gasteiger partial charge is 0.469 e. The zero-order valence-corrected chi connectivity index (χ0v) is 14.8. The fourth-order valence-corrected chi connectivity index (χ4v) is 5.51. The van der Waals surface area contributed by atoms with Gasteiger partial charge in [0.2, 0.25) is 0 Å². The summed E-state index contributed by atoms with van der Waals surface area (Å²) in [4.78, 5) is 0. The van der Waals surface area contributed by atoms with Gasteiger partial charge in [-0.3, -0.25) is 0 Å². The second kappa shape index (κ2) is 5.93. The van der Waals surface area contributed by atoms with Gasteiger partial charge in [0.15, 0.2) is 0 Å². The van der Waals surface area contributed by atoms with Crippen molar-refractivity contribution in [3.8, 4) is 0 Å². The number of aryl methyl sites for hydroxylation is 1. The van der Waals surface area contributed by atoms with E-state index >= 15 is 0 Å². The van der Waals surface area contributed by atoms with E-state index in [2.05, 4.69) is 54.7 Å². The van der Waals surface area contributed by atoms with Crippen LogP contribution in [-0.4, -0.2) is 18.0 Å². The van der Waals surface area contributed by atoms with E-state index in [1.165, 1.54) is 16.1 Å². The molecule has 2 aromatic heterocycles. The van der Waals surface area contributed by atoms with Crippen molar-refractivity contribution in [3.05, 3.63) is 54.3 Å². The normalized spacial score (nSPS) is 19.0. The van der Waals surface area contributed by atoms with Crippen LogP contribution in [-0.2, 0) is 6.42 Å². The van der Waals surface area contributed by atoms with Crippen molar-refractivity contribution in [3.63, 3.8) is 0 Å². The first kappa shape index (κ1) is 14.8. The standard InChI is InChI=1S/C17H23NOSSi/c1-21(2,3)13-20-17-12-14(16-7-5-11-19-16)8-9-15-6-4-10-18(15)17/h4-7,10-12,14H,8-9,13H2,1-3H3. The van der Waals surface area contributed by atoms with Crippen LogP contribution >= 0.6 is 11.8 Å². The molecule has 1 aliphatic heterocycles. The van der Waals surface area contributed by atoms with E-state index in [9.17, 15) is 0 Å². The smallest absolute Gasteiger partial charge is 0.110 e. The summed E-state index contributed by atoms with van der Waals surface area (Å²) in [5, 5.41) is 2.62. The number of aromatic nitrogens is 1. The summed E-state index contributed by atoms with van der Waals surface area (Å²) in [6.07, 6.45) is 8.60. The quantitative estimate of drug-likeness (QED) is 0.720. The summed E-state index contributed by atoms with van der Waals surface area (Å²) < 4.78 is 8.01. The van der Waals surface area contributed by atoms with Gasteiger partial charge >= 0.3 is 0 Å². The van der Waals surface area contributed by atoms with Gasteiger partial charge in [-0.25, -0.2) is 0 Å². The van der Waals surface area contributed by atoms with Crippen LogP contribution in [0.3, 0.4) is 0 Å². The highest BCUT2D eigenvalue weighted by molar-refractivity contribution is 8.09. The molecule has 1 unspecified atom stereocenters. The van der Waals surface area contributed by atoms with Crippen molar-refractivity contribution in [2.75, 3.05) is 5.38 Å². The molecule has 0 aromatic carbocycles. The SMILES string of the molecule is C[Si](C)(C)CSC1=CC(c2ccco2)CCc2cccn21. The van der Waals surface area contributed by atoms with Gasteiger partial charge in [-0.2, -0.15) is 0 Å². The fraction of sp³-hybridized carbons (Fsp3) is 0.412.